The van der Waals surface area contributed by atoms with Gasteiger partial charge in [0.15, 0.2) is 0 Å². The van der Waals surface area contributed by atoms with Crippen LogP contribution in [0.4, 0.5) is 11.6 Å². The fraction of sp³-hybridized carbons (Fsp3) is 0.212. The predicted octanol–water partition coefficient (Wildman–Crippen LogP) is 6.72. The molecule has 10 heteroatoms. The minimum atomic E-state index is -0.589. The predicted molar refractivity (Wildman–Crippen MR) is 171 cm³/mol. The number of H-pyrrole nitrogens is 1. The number of rotatable bonds is 9. The zero-order chi connectivity index (χ0) is 30.6. The molecule has 0 atom stereocenters. The monoisotopic (exact) mass is 595 g/mol. The molecule has 0 radical (unpaired) electrons. The minimum absolute atomic E-state index is 0.0721. The number of imidazole rings is 1. The van der Waals surface area contributed by atoms with Gasteiger partial charge in [-0.15, -0.1) is 11.3 Å². The Morgan fingerprint density at radius 2 is 1.72 bits per heavy atom. The lowest BCUT2D eigenvalue weighted by Gasteiger charge is -2.19. The molecular weight excluding hydrogens is 562 g/mol. The molecular formula is C33H33N5O4S. The van der Waals surface area contributed by atoms with Gasteiger partial charge in [-0.1, -0.05) is 57.2 Å². The number of hydrogen-bond donors (Lipinski definition) is 4. The molecule has 0 saturated carbocycles. The summed E-state index contributed by atoms with van der Waals surface area (Å²) in [6.07, 6.45) is 0. The lowest BCUT2D eigenvalue weighted by Crippen LogP contribution is -2.32. The number of anilines is 2. The van der Waals surface area contributed by atoms with Gasteiger partial charge in [0, 0.05) is 35.3 Å². The first-order chi connectivity index (χ1) is 20.6. The van der Waals surface area contributed by atoms with Crippen LogP contribution in [0.1, 0.15) is 57.4 Å². The van der Waals surface area contributed by atoms with E-state index in [1.165, 1.54) is 17.4 Å². The van der Waals surface area contributed by atoms with E-state index in [0.29, 0.717) is 39.7 Å². The Labute approximate surface area is 253 Å². The molecule has 5 aromatic rings. The van der Waals surface area contributed by atoms with E-state index >= 15 is 0 Å². The molecule has 0 aliphatic carbocycles. The van der Waals surface area contributed by atoms with Gasteiger partial charge in [-0.05, 0) is 52.8 Å². The Hall–Kier alpha value is -4.96. The average molecular weight is 596 g/mol. The summed E-state index contributed by atoms with van der Waals surface area (Å²) >= 11 is 1.33. The number of aromatic amines is 1. The van der Waals surface area contributed by atoms with E-state index in [1.54, 1.807) is 36.7 Å². The van der Waals surface area contributed by atoms with Gasteiger partial charge in [-0.3, -0.25) is 9.59 Å². The molecule has 0 bridgehead atoms. The van der Waals surface area contributed by atoms with Crippen LogP contribution >= 0.6 is 11.3 Å². The van der Waals surface area contributed by atoms with E-state index in [9.17, 15) is 14.4 Å². The molecule has 2 aromatic heterocycles. The van der Waals surface area contributed by atoms with E-state index in [4.69, 9.17) is 4.74 Å². The van der Waals surface area contributed by atoms with Crippen molar-refractivity contribution in [1.82, 2.24) is 15.3 Å². The highest BCUT2D eigenvalue weighted by atomic mass is 32.1. The number of esters is 1. The summed E-state index contributed by atoms with van der Waals surface area (Å²) in [4.78, 5) is 48.1. The van der Waals surface area contributed by atoms with E-state index in [-0.39, 0.29) is 29.4 Å². The number of carbonyl (C=O) groups is 3. The molecule has 43 heavy (non-hydrogen) atoms. The van der Waals surface area contributed by atoms with E-state index in [0.717, 1.165) is 16.6 Å². The van der Waals surface area contributed by atoms with E-state index in [2.05, 4.69) is 25.9 Å². The number of carbonyl (C=O) groups excluding carboxylic acids is 3. The summed E-state index contributed by atoms with van der Waals surface area (Å²) in [5, 5.41) is 10.6. The number of hydrogen-bond acceptors (Lipinski definition) is 7. The normalized spacial score (nSPS) is 11.3. The Kier molecular flexibility index (Phi) is 8.58. The van der Waals surface area contributed by atoms with Crippen molar-refractivity contribution in [3.8, 4) is 10.4 Å². The van der Waals surface area contributed by atoms with Crippen molar-refractivity contribution in [3.63, 3.8) is 0 Å². The molecule has 220 valence electrons. The second-order valence-corrected chi connectivity index (χ2v) is 12.2. The molecule has 0 spiro atoms. The minimum Gasteiger partial charge on any atom is -0.457 e. The molecule has 4 N–H and O–H groups in total. The number of amides is 2. The van der Waals surface area contributed by atoms with Crippen LogP contribution in [0.5, 0.6) is 0 Å². The first kappa shape index (κ1) is 29.5. The number of aromatic nitrogens is 2. The highest BCUT2D eigenvalue weighted by Crippen LogP contribution is 2.34. The Bertz CT molecular complexity index is 1790. The zero-order valence-corrected chi connectivity index (χ0v) is 25.2. The summed E-state index contributed by atoms with van der Waals surface area (Å²) in [5.41, 5.74) is 4.30. The molecule has 5 rings (SSSR count). The number of ether oxygens (including phenoxy) is 1. The van der Waals surface area contributed by atoms with Crippen LogP contribution in [0.25, 0.3) is 21.5 Å². The maximum absolute atomic E-state index is 13.5. The molecule has 3 aromatic carbocycles. The van der Waals surface area contributed by atoms with Gasteiger partial charge in [-0.25, -0.2) is 9.78 Å². The van der Waals surface area contributed by atoms with E-state index in [1.807, 2.05) is 63.2 Å². The van der Waals surface area contributed by atoms with Gasteiger partial charge < -0.3 is 25.7 Å². The lowest BCUT2D eigenvalue weighted by molar-refractivity contribution is 0.0473. The summed E-state index contributed by atoms with van der Waals surface area (Å²) in [7, 11) is 1.77. The van der Waals surface area contributed by atoms with Gasteiger partial charge in [0.2, 0.25) is 5.95 Å². The maximum Gasteiger partial charge on any atom is 0.339 e. The van der Waals surface area contributed by atoms with Crippen LogP contribution < -0.4 is 16.0 Å². The van der Waals surface area contributed by atoms with Crippen LogP contribution in [0.3, 0.4) is 0 Å². The topological polar surface area (TPSA) is 125 Å². The summed E-state index contributed by atoms with van der Waals surface area (Å²) in [5.74, 6) is -0.590. The van der Waals surface area contributed by atoms with Crippen molar-refractivity contribution >= 4 is 51.8 Å². The molecule has 0 saturated heterocycles. The quantitative estimate of drug-likeness (QED) is 0.140. The number of nitrogens with one attached hydrogen (secondary N) is 4. The van der Waals surface area contributed by atoms with Gasteiger partial charge in [0.05, 0.1) is 22.2 Å². The van der Waals surface area contributed by atoms with Crippen molar-refractivity contribution in [3.05, 3.63) is 100 Å². The SMILES string of the molecule is CNc1nc2ccc(NC(=O)c3ccsc3-c3ccc(C(=O)NCC(C)(C)C)cc3C(=O)OCc3ccccc3)cc2[nH]1. The Morgan fingerprint density at radius 1 is 0.930 bits per heavy atom. The van der Waals surface area contributed by atoms with Crippen LogP contribution in [0.15, 0.2) is 78.2 Å². The first-order valence-corrected chi connectivity index (χ1v) is 14.7. The van der Waals surface area contributed by atoms with Crippen LogP contribution in [-0.4, -0.2) is 41.3 Å². The molecule has 9 nitrogen and oxygen atoms in total. The molecule has 2 amide bonds. The smallest absolute Gasteiger partial charge is 0.339 e. The largest absolute Gasteiger partial charge is 0.457 e. The fourth-order valence-corrected chi connectivity index (χ4v) is 5.33. The Balaban J connectivity index is 1.45. The third-order valence-corrected chi connectivity index (χ3v) is 7.57. The van der Waals surface area contributed by atoms with Gasteiger partial charge in [0.25, 0.3) is 11.8 Å². The number of fused-ring (bicyclic) bond motifs is 1. The average Bonchev–Trinajstić information content (AvgIpc) is 3.65. The van der Waals surface area contributed by atoms with Crippen molar-refractivity contribution < 1.29 is 19.1 Å². The zero-order valence-electron chi connectivity index (χ0n) is 24.4. The van der Waals surface area contributed by atoms with Crippen molar-refractivity contribution in [2.24, 2.45) is 5.41 Å². The molecule has 0 fully saturated rings. The van der Waals surface area contributed by atoms with Crippen LogP contribution in [-0.2, 0) is 11.3 Å². The van der Waals surface area contributed by atoms with Crippen molar-refractivity contribution in [2.45, 2.75) is 27.4 Å². The summed E-state index contributed by atoms with van der Waals surface area (Å²) < 4.78 is 5.67. The number of nitrogens with zero attached hydrogens (tertiary/aromatic N) is 1. The lowest BCUT2D eigenvalue weighted by atomic mass is 9.96. The summed E-state index contributed by atoms with van der Waals surface area (Å²) in [6.45, 7) is 6.62. The molecule has 2 heterocycles. The highest BCUT2D eigenvalue weighted by molar-refractivity contribution is 7.14. The standard InChI is InChI=1S/C33H33N5O4S/c1-33(2,3)19-35-29(39)21-10-12-23(25(16-21)31(41)42-18-20-8-6-5-7-9-20)28-24(14-15-43-28)30(40)36-22-11-13-26-27(17-22)38-32(34-4)37-26/h5-17H,18-19H2,1-4H3,(H,35,39)(H,36,40)(H2,34,37,38). The first-order valence-electron chi connectivity index (χ1n) is 13.8. The van der Waals surface area contributed by atoms with Crippen LogP contribution in [0.2, 0.25) is 0 Å². The summed E-state index contributed by atoms with van der Waals surface area (Å²) in [6, 6.07) is 21.4. The van der Waals surface area contributed by atoms with Crippen molar-refractivity contribution in [2.75, 3.05) is 24.2 Å². The number of benzene rings is 3. The Morgan fingerprint density at radius 3 is 2.47 bits per heavy atom. The fourth-order valence-electron chi connectivity index (χ4n) is 4.40. The maximum atomic E-state index is 13.5. The van der Waals surface area contributed by atoms with Gasteiger partial charge in [-0.2, -0.15) is 0 Å². The molecule has 0 aliphatic rings. The highest BCUT2D eigenvalue weighted by Gasteiger charge is 2.23. The number of thiophene rings is 1. The van der Waals surface area contributed by atoms with E-state index < -0.39 is 5.97 Å². The van der Waals surface area contributed by atoms with Gasteiger partial charge in [0.1, 0.15) is 6.61 Å². The van der Waals surface area contributed by atoms with Crippen molar-refractivity contribution in [1.29, 1.82) is 0 Å². The second-order valence-electron chi connectivity index (χ2n) is 11.3. The second kappa shape index (κ2) is 12.5. The third kappa shape index (κ3) is 7.10. The molecule has 0 aliphatic heterocycles. The van der Waals surface area contributed by atoms with Crippen LogP contribution in [0, 0.1) is 5.41 Å². The molecule has 0 unspecified atom stereocenters. The third-order valence-electron chi connectivity index (χ3n) is 6.62. The van der Waals surface area contributed by atoms with Gasteiger partial charge >= 0.3 is 5.97 Å².